The summed E-state index contributed by atoms with van der Waals surface area (Å²) in [5.41, 5.74) is 3.38. The van der Waals surface area contributed by atoms with Crippen LogP contribution in [0.3, 0.4) is 0 Å². The molecule has 2 aliphatic carbocycles. The number of aryl methyl sites for hydroxylation is 2. The third-order valence-corrected chi connectivity index (χ3v) is 4.92. The van der Waals surface area contributed by atoms with Crippen molar-refractivity contribution in [2.45, 2.75) is 50.5 Å². The van der Waals surface area contributed by atoms with Crippen molar-refractivity contribution in [3.05, 3.63) is 34.9 Å². The predicted molar refractivity (Wildman–Crippen MR) is 77.1 cm³/mol. The first kappa shape index (κ1) is 13.2. The Labute approximate surface area is 120 Å². The Bertz CT molecular complexity index is 581. The number of nitrogens with zero attached hydrogens (tertiary/aromatic N) is 2. The van der Waals surface area contributed by atoms with Crippen LogP contribution in [0.1, 0.15) is 42.4 Å². The van der Waals surface area contributed by atoms with Crippen LogP contribution >= 0.6 is 0 Å². The summed E-state index contributed by atoms with van der Waals surface area (Å²) in [6.45, 7) is 0. The lowest BCUT2D eigenvalue weighted by molar-refractivity contribution is -0.135. The van der Waals surface area contributed by atoms with Crippen molar-refractivity contribution in [3.8, 4) is 6.07 Å². The SMILES string of the molecule is CN(C(=O)Cc1ccc2c(c1)CCC2)C1(C#N)CCC1. The van der Waals surface area contributed by atoms with Crippen LogP contribution in [-0.2, 0) is 24.1 Å². The van der Waals surface area contributed by atoms with Gasteiger partial charge in [-0.2, -0.15) is 5.26 Å². The molecule has 0 saturated heterocycles. The number of hydrogen-bond donors (Lipinski definition) is 0. The van der Waals surface area contributed by atoms with Gasteiger partial charge in [0.25, 0.3) is 0 Å². The lowest BCUT2D eigenvalue weighted by atomic mass is 9.76. The van der Waals surface area contributed by atoms with Crippen LogP contribution < -0.4 is 0 Å². The molecule has 1 aromatic carbocycles. The minimum atomic E-state index is -0.534. The Kier molecular flexibility index (Phi) is 3.25. The van der Waals surface area contributed by atoms with Gasteiger partial charge in [0.15, 0.2) is 0 Å². The number of likely N-dealkylation sites (N-methyl/N-ethyl adjacent to an activating group) is 1. The van der Waals surface area contributed by atoms with E-state index >= 15 is 0 Å². The second-order valence-corrected chi connectivity index (χ2v) is 6.08. The van der Waals surface area contributed by atoms with E-state index < -0.39 is 5.54 Å². The standard InChI is InChI=1S/C17H20N2O/c1-19(17(12-18)8-3-9-17)16(20)11-13-6-7-14-4-2-5-15(14)10-13/h6-7,10H,2-5,8-9,11H2,1H3. The van der Waals surface area contributed by atoms with E-state index in [-0.39, 0.29) is 5.91 Å². The Balaban J connectivity index is 1.71. The van der Waals surface area contributed by atoms with E-state index in [2.05, 4.69) is 24.3 Å². The molecule has 0 heterocycles. The molecule has 0 aromatic heterocycles. The zero-order valence-electron chi connectivity index (χ0n) is 12.0. The highest BCUT2D eigenvalue weighted by atomic mass is 16.2. The predicted octanol–water partition coefficient (Wildman–Crippen LogP) is 2.62. The van der Waals surface area contributed by atoms with Gasteiger partial charge in [0.1, 0.15) is 5.54 Å². The minimum absolute atomic E-state index is 0.0594. The van der Waals surface area contributed by atoms with Crippen LogP contribution in [-0.4, -0.2) is 23.4 Å². The molecule has 3 heteroatoms. The molecule has 0 N–H and O–H groups in total. The molecule has 104 valence electrons. The van der Waals surface area contributed by atoms with Crippen molar-refractivity contribution < 1.29 is 4.79 Å². The molecule has 0 atom stereocenters. The average Bonchev–Trinajstić information content (AvgIpc) is 2.85. The molecular weight excluding hydrogens is 248 g/mol. The maximum Gasteiger partial charge on any atom is 0.228 e. The zero-order chi connectivity index (χ0) is 14.2. The van der Waals surface area contributed by atoms with Crippen molar-refractivity contribution in [2.75, 3.05) is 7.05 Å². The van der Waals surface area contributed by atoms with Gasteiger partial charge in [-0.25, -0.2) is 0 Å². The van der Waals surface area contributed by atoms with Crippen LogP contribution in [0, 0.1) is 11.3 Å². The second kappa shape index (κ2) is 4.94. The summed E-state index contributed by atoms with van der Waals surface area (Å²) in [6, 6.07) is 8.73. The lowest BCUT2D eigenvalue weighted by Gasteiger charge is -2.43. The highest BCUT2D eigenvalue weighted by Crippen LogP contribution is 2.36. The van der Waals surface area contributed by atoms with Gasteiger partial charge in [0.2, 0.25) is 5.91 Å². The second-order valence-electron chi connectivity index (χ2n) is 6.08. The number of amides is 1. The fourth-order valence-electron chi connectivity index (χ4n) is 3.30. The van der Waals surface area contributed by atoms with Crippen molar-refractivity contribution >= 4 is 5.91 Å². The van der Waals surface area contributed by atoms with E-state index in [1.54, 1.807) is 11.9 Å². The highest BCUT2D eigenvalue weighted by Gasteiger charge is 2.43. The summed E-state index contributed by atoms with van der Waals surface area (Å²) >= 11 is 0. The summed E-state index contributed by atoms with van der Waals surface area (Å²) in [5.74, 6) is 0.0594. The van der Waals surface area contributed by atoms with Crippen LogP contribution in [0.15, 0.2) is 18.2 Å². The van der Waals surface area contributed by atoms with Crippen LogP contribution in [0.5, 0.6) is 0 Å². The van der Waals surface area contributed by atoms with E-state index in [4.69, 9.17) is 0 Å². The summed E-state index contributed by atoms with van der Waals surface area (Å²) in [4.78, 5) is 14.1. The van der Waals surface area contributed by atoms with Crippen molar-refractivity contribution in [2.24, 2.45) is 0 Å². The highest BCUT2D eigenvalue weighted by molar-refractivity contribution is 5.80. The van der Waals surface area contributed by atoms with Gasteiger partial charge in [-0.05, 0) is 55.2 Å². The van der Waals surface area contributed by atoms with Gasteiger partial charge in [-0.1, -0.05) is 18.2 Å². The van der Waals surface area contributed by atoms with Gasteiger partial charge >= 0.3 is 0 Å². The molecule has 20 heavy (non-hydrogen) atoms. The molecule has 3 rings (SSSR count). The lowest BCUT2D eigenvalue weighted by Crippen LogP contribution is -2.53. The first-order valence-corrected chi connectivity index (χ1v) is 7.43. The van der Waals surface area contributed by atoms with E-state index in [0.29, 0.717) is 6.42 Å². The Morgan fingerprint density at radius 2 is 2.05 bits per heavy atom. The van der Waals surface area contributed by atoms with Crippen LogP contribution in [0.2, 0.25) is 0 Å². The number of rotatable bonds is 3. The molecule has 1 fully saturated rings. The first-order chi connectivity index (χ1) is 9.64. The smallest absolute Gasteiger partial charge is 0.228 e. The number of carbonyl (C=O) groups excluding carboxylic acids is 1. The van der Waals surface area contributed by atoms with E-state index in [1.807, 2.05) is 0 Å². The number of carbonyl (C=O) groups is 1. The number of fused-ring (bicyclic) bond motifs is 1. The maximum atomic E-state index is 12.4. The summed E-state index contributed by atoms with van der Waals surface area (Å²) in [6.07, 6.45) is 6.61. The zero-order valence-corrected chi connectivity index (χ0v) is 12.0. The first-order valence-electron chi connectivity index (χ1n) is 7.43. The monoisotopic (exact) mass is 268 g/mol. The third kappa shape index (κ3) is 2.10. The third-order valence-electron chi connectivity index (χ3n) is 4.92. The summed E-state index contributed by atoms with van der Waals surface area (Å²) in [7, 11) is 1.78. The molecule has 0 spiro atoms. The van der Waals surface area contributed by atoms with Gasteiger partial charge in [0.05, 0.1) is 12.5 Å². The quantitative estimate of drug-likeness (QED) is 0.846. The molecule has 0 bridgehead atoms. The fourth-order valence-corrected chi connectivity index (χ4v) is 3.30. The van der Waals surface area contributed by atoms with Gasteiger partial charge in [-0.3, -0.25) is 4.79 Å². The topological polar surface area (TPSA) is 44.1 Å². The van der Waals surface area contributed by atoms with Crippen LogP contribution in [0.4, 0.5) is 0 Å². The molecule has 0 aliphatic heterocycles. The Morgan fingerprint density at radius 1 is 1.30 bits per heavy atom. The molecule has 1 amide bonds. The molecule has 1 aromatic rings. The molecular formula is C17H20N2O. The minimum Gasteiger partial charge on any atom is -0.327 e. The van der Waals surface area contributed by atoms with Gasteiger partial charge < -0.3 is 4.90 Å². The Hall–Kier alpha value is -1.82. The Morgan fingerprint density at radius 3 is 2.70 bits per heavy atom. The number of benzene rings is 1. The molecule has 0 unspecified atom stereocenters. The van der Waals surface area contributed by atoms with E-state index in [1.165, 1.54) is 24.0 Å². The van der Waals surface area contributed by atoms with Crippen molar-refractivity contribution in [1.29, 1.82) is 5.26 Å². The normalized spacial score (nSPS) is 18.8. The van der Waals surface area contributed by atoms with E-state index in [0.717, 1.165) is 31.2 Å². The van der Waals surface area contributed by atoms with Crippen LogP contribution in [0.25, 0.3) is 0 Å². The molecule has 3 nitrogen and oxygen atoms in total. The van der Waals surface area contributed by atoms with Gasteiger partial charge in [-0.15, -0.1) is 0 Å². The number of nitriles is 1. The fraction of sp³-hybridized carbons (Fsp3) is 0.529. The van der Waals surface area contributed by atoms with E-state index in [9.17, 15) is 10.1 Å². The molecule has 0 radical (unpaired) electrons. The van der Waals surface area contributed by atoms with Crippen molar-refractivity contribution in [1.82, 2.24) is 4.90 Å². The van der Waals surface area contributed by atoms with Crippen molar-refractivity contribution in [3.63, 3.8) is 0 Å². The summed E-state index contributed by atoms with van der Waals surface area (Å²) < 4.78 is 0. The molecule has 1 saturated carbocycles. The van der Waals surface area contributed by atoms with Gasteiger partial charge in [0, 0.05) is 7.05 Å². The average molecular weight is 268 g/mol. The maximum absolute atomic E-state index is 12.4. The number of hydrogen-bond acceptors (Lipinski definition) is 2. The molecule has 2 aliphatic rings. The largest absolute Gasteiger partial charge is 0.327 e. The summed E-state index contributed by atoms with van der Waals surface area (Å²) in [5, 5.41) is 9.30.